The maximum absolute atomic E-state index is 13.0. The van der Waals surface area contributed by atoms with Gasteiger partial charge in [0.25, 0.3) is 5.91 Å². The minimum Gasteiger partial charge on any atom is -0.506 e. The van der Waals surface area contributed by atoms with Crippen LogP contribution in [0.15, 0.2) is 45.6 Å². The van der Waals surface area contributed by atoms with E-state index in [0.717, 1.165) is 0 Å². The summed E-state index contributed by atoms with van der Waals surface area (Å²) in [5.41, 5.74) is 0.395. The van der Waals surface area contributed by atoms with Crippen LogP contribution in [0.5, 0.6) is 17.2 Å². The number of para-hydroxylation sites is 2. The fraction of sp³-hybridized carbons (Fsp3) is 0.320. The van der Waals surface area contributed by atoms with Crippen molar-refractivity contribution in [2.75, 3.05) is 32.8 Å². The third kappa shape index (κ3) is 4.39. The van der Waals surface area contributed by atoms with E-state index in [-0.39, 0.29) is 46.8 Å². The first-order chi connectivity index (χ1) is 16.8. The Labute approximate surface area is 205 Å². The molecule has 0 unspecified atom stereocenters. The summed E-state index contributed by atoms with van der Waals surface area (Å²) in [6.07, 6.45) is -0.865. The monoisotopic (exact) mass is 498 g/mol. The predicted molar refractivity (Wildman–Crippen MR) is 127 cm³/mol. The zero-order valence-electron chi connectivity index (χ0n) is 19.0. The summed E-state index contributed by atoms with van der Waals surface area (Å²) in [5.74, 6) is 0.541. The number of phenols is 1. The van der Waals surface area contributed by atoms with Gasteiger partial charge in [-0.15, -0.1) is 0 Å². The fourth-order valence-electron chi connectivity index (χ4n) is 4.39. The highest BCUT2D eigenvalue weighted by molar-refractivity contribution is 6.32. The van der Waals surface area contributed by atoms with E-state index < -0.39 is 11.7 Å². The molecule has 1 aromatic heterocycles. The third-order valence-corrected chi connectivity index (χ3v) is 6.71. The average Bonchev–Trinajstić information content (AvgIpc) is 2.87. The zero-order chi connectivity index (χ0) is 24.7. The number of aryl methyl sites for hydroxylation is 1. The van der Waals surface area contributed by atoms with Gasteiger partial charge in [-0.2, -0.15) is 0 Å². The molecule has 0 spiro atoms. The van der Waals surface area contributed by atoms with Crippen molar-refractivity contribution in [2.24, 2.45) is 0 Å². The molecule has 35 heavy (non-hydrogen) atoms. The van der Waals surface area contributed by atoms with Gasteiger partial charge in [0.15, 0.2) is 11.5 Å². The van der Waals surface area contributed by atoms with Crippen molar-refractivity contribution >= 4 is 34.4 Å². The topological polar surface area (TPSA) is 110 Å². The number of hydrogen-bond donors (Lipinski definition) is 1. The maximum atomic E-state index is 13.0. The molecule has 1 saturated heterocycles. The van der Waals surface area contributed by atoms with Crippen LogP contribution in [-0.2, 0) is 16.0 Å². The van der Waals surface area contributed by atoms with Crippen LogP contribution in [0, 0.1) is 6.92 Å². The molecular formula is C25H23ClN2O7. The second-order valence-electron chi connectivity index (χ2n) is 8.54. The summed E-state index contributed by atoms with van der Waals surface area (Å²) in [6.45, 7) is 3.24. The molecule has 9 nitrogen and oxygen atoms in total. The largest absolute Gasteiger partial charge is 0.506 e. The average molecular weight is 499 g/mol. The van der Waals surface area contributed by atoms with Crippen molar-refractivity contribution < 1.29 is 28.6 Å². The number of hydrogen-bond acceptors (Lipinski definition) is 7. The quantitative estimate of drug-likeness (QED) is 0.552. The minimum absolute atomic E-state index is 0.128. The second-order valence-corrected chi connectivity index (χ2v) is 8.95. The lowest BCUT2D eigenvalue weighted by atomic mass is 10.0. The number of benzene rings is 2. The van der Waals surface area contributed by atoms with Gasteiger partial charge in [-0.05, 0) is 30.7 Å². The number of nitrogens with zero attached hydrogens (tertiary/aromatic N) is 2. The second kappa shape index (κ2) is 9.14. The van der Waals surface area contributed by atoms with Gasteiger partial charge >= 0.3 is 5.63 Å². The normalized spacial score (nSPS) is 17.5. The summed E-state index contributed by atoms with van der Waals surface area (Å²) in [6, 6.07) is 10.00. The van der Waals surface area contributed by atoms with Crippen LogP contribution in [0.1, 0.15) is 11.1 Å². The van der Waals surface area contributed by atoms with E-state index in [1.54, 1.807) is 28.9 Å². The summed E-state index contributed by atoms with van der Waals surface area (Å²) in [4.78, 5) is 41.7. The van der Waals surface area contributed by atoms with E-state index in [1.807, 2.05) is 12.1 Å². The van der Waals surface area contributed by atoms with Gasteiger partial charge in [0.2, 0.25) is 12.0 Å². The zero-order valence-corrected chi connectivity index (χ0v) is 19.7. The molecule has 0 bridgehead atoms. The Bertz CT molecular complexity index is 1380. The Morgan fingerprint density at radius 3 is 2.51 bits per heavy atom. The molecule has 0 saturated carbocycles. The lowest BCUT2D eigenvalue weighted by Crippen LogP contribution is -2.55. The number of carbonyl (C=O) groups excluding carboxylic acids is 2. The number of phenolic OH excluding ortho intramolecular Hbond substituents is 1. The smallest absolute Gasteiger partial charge is 0.340 e. The summed E-state index contributed by atoms with van der Waals surface area (Å²) in [7, 11) is 0. The highest BCUT2D eigenvalue weighted by Crippen LogP contribution is 2.32. The minimum atomic E-state index is -0.733. The fourth-order valence-corrected chi connectivity index (χ4v) is 4.55. The van der Waals surface area contributed by atoms with E-state index in [1.165, 1.54) is 12.1 Å². The van der Waals surface area contributed by atoms with Crippen molar-refractivity contribution in [3.8, 4) is 17.2 Å². The van der Waals surface area contributed by atoms with Crippen LogP contribution in [0.2, 0.25) is 5.02 Å². The Balaban J connectivity index is 1.23. The molecule has 0 aliphatic carbocycles. The SMILES string of the molecule is Cc1c(CC(=O)N2CCN(C(=O)[C@@H]3COc4ccccc4O3)CC2)c(=O)oc2cc(O)c(Cl)cc12. The predicted octanol–water partition coefficient (Wildman–Crippen LogP) is 2.51. The van der Waals surface area contributed by atoms with Crippen LogP contribution in [0.3, 0.4) is 0 Å². The number of halogens is 1. The molecule has 2 amide bonds. The Morgan fingerprint density at radius 1 is 1.09 bits per heavy atom. The Kier molecular flexibility index (Phi) is 6.02. The molecule has 5 rings (SSSR count). The van der Waals surface area contributed by atoms with Crippen LogP contribution in [-0.4, -0.2) is 65.6 Å². The molecule has 1 fully saturated rings. The van der Waals surface area contributed by atoms with Crippen molar-refractivity contribution in [3.63, 3.8) is 0 Å². The van der Waals surface area contributed by atoms with E-state index in [9.17, 15) is 19.5 Å². The molecule has 1 N–H and O–H groups in total. The van der Waals surface area contributed by atoms with Crippen LogP contribution in [0.25, 0.3) is 11.0 Å². The number of carbonyl (C=O) groups is 2. The first kappa shape index (κ1) is 23.0. The third-order valence-electron chi connectivity index (χ3n) is 6.41. The molecule has 3 aromatic rings. The molecule has 182 valence electrons. The molecule has 2 aliphatic heterocycles. The summed E-state index contributed by atoms with van der Waals surface area (Å²) < 4.78 is 16.8. The number of amides is 2. The number of ether oxygens (including phenoxy) is 2. The van der Waals surface area contributed by atoms with Crippen LogP contribution < -0.4 is 15.1 Å². The lowest BCUT2D eigenvalue weighted by molar-refractivity contribution is -0.146. The Hall–Kier alpha value is -3.72. The van der Waals surface area contributed by atoms with Crippen molar-refractivity contribution in [2.45, 2.75) is 19.4 Å². The summed E-state index contributed by atoms with van der Waals surface area (Å²) >= 11 is 6.01. The van der Waals surface area contributed by atoms with Crippen molar-refractivity contribution in [1.82, 2.24) is 9.80 Å². The molecule has 1 atom stereocenters. The molecule has 10 heteroatoms. The number of aromatic hydroxyl groups is 1. The van der Waals surface area contributed by atoms with Crippen molar-refractivity contribution in [3.05, 3.63) is 63.0 Å². The molecule has 3 heterocycles. The van der Waals surface area contributed by atoms with E-state index >= 15 is 0 Å². The standard InChI is InChI=1S/C25H23ClN2O7/c1-14-15-10-17(26)18(29)12-21(15)35-25(32)16(14)11-23(30)27-6-8-28(9-7-27)24(31)22-13-33-19-4-2-3-5-20(19)34-22/h2-5,10,12,22,29H,6-9,11,13H2,1H3/t22-/m0/s1. The number of fused-ring (bicyclic) bond motifs is 2. The van der Waals surface area contributed by atoms with E-state index in [0.29, 0.717) is 48.6 Å². The van der Waals surface area contributed by atoms with Gasteiger partial charge in [-0.25, -0.2) is 4.79 Å². The van der Waals surface area contributed by atoms with Crippen LogP contribution in [0.4, 0.5) is 0 Å². The highest BCUT2D eigenvalue weighted by Gasteiger charge is 2.33. The maximum Gasteiger partial charge on any atom is 0.340 e. The van der Waals surface area contributed by atoms with Gasteiger partial charge in [0.05, 0.1) is 17.0 Å². The highest BCUT2D eigenvalue weighted by atomic mass is 35.5. The first-order valence-electron chi connectivity index (χ1n) is 11.2. The van der Waals surface area contributed by atoms with E-state index in [2.05, 4.69) is 0 Å². The van der Waals surface area contributed by atoms with Crippen molar-refractivity contribution in [1.29, 1.82) is 0 Å². The van der Waals surface area contributed by atoms with Gasteiger partial charge < -0.3 is 28.8 Å². The number of rotatable bonds is 3. The number of piperazine rings is 1. The van der Waals surface area contributed by atoms with Gasteiger partial charge in [0.1, 0.15) is 17.9 Å². The van der Waals surface area contributed by atoms with Crippen LogP contribution >= 0.6 is 11.6 Å². The van der Waals surface area contributed by atoms with Gasteiger partial charge in [-0.3, -0.25) is 9.59 Å². The first-order valence-corrected chi connectivity index (χ1v) is 11.6. The molecule has 0 radical (unpaired) electrons. The van der Waals surface area contributed by atoms with E-state index in [4.69, 9.17) is 25.5 Å². The van der Waals surface area contributed by atoms with Gasteiger partial charge in [-0.1, -0.05) is 23.7 Å². The van der Waals surface area contributed by atoms with Gasteiger partial charge in [0, 0.05) is 37.6 Å². The molecule has 2 aromatic carbocycles. The Morgan fingerprint density at radius 2 is 1.77 bits per heavy atom. The summed E-state index contributed by atoms with van der Waals surface area (Å²) in [5, 5.41) is 10.5. The molecular weight excluding hydrogens is 476 g/mol. The lowest BCUT2D eigenvalue weighted by Gasteiger charge is -2.37. The molecule has 2 aliphatic rings.